The topological polar surface area (TPSA) is 69.7 Å². The molecule has 0 amide bonds. The van der Waals surface area contributed by atoms with Crippen LogP contribution in [0.4, 0.5) is 0 Å². The molecule has 5 heteroatoms. The highest BCUT2D eigenvalue weighted by Gasteiger charge is 2.39. The number of rotatable bonds is 9. The first kappa shape index (κ1) is 22.2. The van der Waals surface area contributed by atoms with E-state index in [0.717, 1.165) is 10.8 Å². The number of hydrogen-bond acceptors (Lipinski definition) is 5. The molecule has 0 unspecified atom stereocenters. The smallest absolute Gasteiger partial charge is 0.320 e. The Hall–Kier alpha value is -3.47. The van der Waals surface area contributed by atoms with Gasteiger partial charge in [0.25, 0.3) is 0 Å². The zero-order valence-corrected chi connectivity index (χ0v) is 17.7. The van der Waals surface area contributed by atoms with Gasteiger partial charge in [0, 0.05) is 17.9 Å². The normalized spacial score (nSPS) is 11.8. The quantitative estimate of drug-likeness (QED) is 0.280. The second-order valence-electron chi connectivity index (χ2n) is 7.19. The van der Waals surface area contributed by atoms with Crippen molar-refractivity contribution in [2.75, 3.05) is 13.2 Å². The molecule has 0 heterocycles. The summed E-state index contributed by atoms with van der Waals surface area (Å²) in [7, 11) is 0. The van der Waals surface area contributed by atoms with Crippen molar-refractivity contribution in [3.8, 4) is 0 Å². The van der Waals surface area contributed by atoms with Crippen LogP contribution in [0.5, 0.6) is 0 Å². The molecular formula is C26H26O5. The number of esters is 2. The van der Waals surface area contributed by atoms with Crippen molar-refractivity contribution in [1.29, 1.82) is 0 Å². The van der Waals surface area contributed by atoms with Gasteiger partial charge in [0.15, 0.2) is 11.7 Å². The van der Waals surface area contributed by atoms with Crippen molar-refractivity contribution in [3.63, 3.8) is 0 Å². The average molecular weight is 418 g/mol. The van der Waals surface area contributed by atoms with Gasteiger partial charge in [-0.2, -0.15) is 0 Å². The molecule has 0 radical (unpaired) electrons. The van der Waals surface area contributed by atoms with Crippen molar-refractivity contribution in [1.82, 2.24) is 0 Å². The summed E-state index contributed by atoms with van der Waals surface area (Å²) >= 11 is 0. The Morgan fingerprint density at radius 3 is 1.94 bits per heavy atom. The highest BCUT2D eigenvalue weighted by atomic mass is 16.6. The van der Waals surface area contributed by atoms with Crippen LogP contribution in [0.15, 0.2) is 72.8 Å². The molecule has 160 valence electrons. The van der Waals surface area contributed by atoms with E-state index in [1.54, 1.807) is 38.1 Å². The Bertz CT molecular complexity index is 1040. The number of ether oxygens (including phenoxy) is 2. The summed E-state index contributed by atoms with van der Waals surface area (Å²) < 4.78 is 10.4. The lowest BCUT2D eigenvalue weighted by Crippen LogP contribution is -2.34. The number of carbonyl (C=O) groups is 3. The number of ketones is 1. The Morgan fingerprint density at radius 2 is 1.32 bits per heavy atom. The molecule has 1 atom stereocenters. The maximum absolute atomic E-state index is 13.1. The Labute approximate surface area is 182 Å². The molecule has 3 aromatic rings. The van der Waals surface area contributed by atoms with Crippen LogP contribution in [0, 0.1) is 5.92 Å². The monoisotopic (exact) mass is 418 g/mol. The first-order valence-corrected chi connectivity index (χ1v) is 10.4. The van der Waals surface area contributed by atoms with Gasteiger partial charge in [-0.1, -0.05) is 72.8 Å². The zero-order valence-electron chi connectivity index (χ0n) is 17.7. The van der Waals surface area contributed by atoms with Gasteiger partial charge < -0.3 is 9.47 Å². The molecule has 0 bridgehead atoms. The summed E-state index contributed by atoms with van der Waals surface area (Å²) in [4.78, 5) is 38.7. The minimum Gasteiger partial charge on any atom is -0.465 e. The van der Waals surface area contributed by atoms with Crippen LogP contribution in [-0.4, -0.2) is 30.9 Å². The van der Waals surface area contributed by atoms with E-state index in [2.05, 4.69) is 0 Å². The van der Waals surface area contributed by atoms with Crippen LogP contribution in [0.2, 0.25) is 0 Å². The second kappa shape index (κ2) is 10.5. The van der Waals surface area contributed by atoms with Crippen LogP contribution in [-0.2, 0) is 19.1 Å². The van der Waals surface area contributed by atoms with E-state index in [9.17, 15) is 14.4 Å². The van der Waals surface area contributed by atoms with E-state index >= 15 is 0 Å². The molecule has 0 aliphatic rings. The molecule has 0 aliphatic heterocycles. The van der Waals surface area contributed by atoms with Crippen LogP contribution in [0.25, 0.3) is 10.8 Å². The van der Waals surface area contributed by atoms with Gasteiger partial charge in [0.2, 0.25) is 0 Å². The molecule has 31 heavy (non-hydrogen) atoms. The van der Waals surface area contributed by atoms with Gasteiger partial charge in [-0.3, -0.25) is 14.4 Å². The third kappa shape index (κ3) is 5.37. The fourth-order valence-electron chi connectivity index (χ4n) is 3.70. The largest absolute Gasteiger partial charge is 0.465 e. The number of hydrogen-bond donors (Lipinski definition) is 0. The van der Waals surface area contributed by atoms with Gasteiger partial charge in [-0.25, -0.2) is 0 Å². The summed E-state index contributed by atoms with van der Waals surface area (Å²) in [5.41, 5.74) is 1.24. The van der Waals surface area contributed by atoms with Gasteiger partial charge in [-0.15, -0.1) is 0 Å². The van der Waals surface area contributed by atoms with E-state index in [0.29, 0.717) is 11.1 Å². The third-order valence-electron chi connectivity index (χ3n) is 5.19. The lowest BCUT2D eigenvalue weighted by molar-refractivity contribution is -0.162. The van der Waals surface area contributed by atoms with E-state index in [1.807, 2.05) is 48.5 Å². The predicted molar refractivity (Wildman–Crippen MR) is 119 cm³/mol. The average Bonchev–Trinajstić information content (AvgIpc) is 2.79. The van der Waals surface area contributed by atoms with Crippen LogP contribution >= 0.6 is 0 Å². The standard InChI is InChI=1S/C26H26O5/c1-3-30-25(28)24(26(29)31-4-2)22(17-23(27)19-11-6-5-7-12-19)21-15-14-18-10-8-9-13-20(18)16-21/h5-16,22,24H,3-4,17H2,1-2H3/t22-/m0/s1. The highest BCUT2D eigenvalue weighted by molar-refractivity contribution is 6.00. The van der Waals surface area contributed by atoms with Gasteiger partial charge in [-0.05, 0) is 30.2 Å². The molecule has 0 spiro atoms. The zero-order chi connectivity index (χ0) is 22.2. The first-order valence-electron chi connectivity index (χ1n) is 10.4. The minimum absolute atomic E-state index is 0.0232. The minimum atomic E-state index is -1.23. The van der Waals surface area contributed by atoms with Gasteiger partial charge in [0.05, 0.1) is 13.2 Å². The Kier molecular flexibility index (Phi) is 7.55. The SMILES string of the molecule is CCOC(=O)C(C(=O)OCC)[C@@H](CC(=O)c1ccccc1)c1ccc2ccccc2c1. The summed E-state index contributed by atoms with van der Waals surface area (Å²) in [5.74, 6) is -3.46. The lowest BCUT2D eigenvalue weighted by atomic mass is 9.80. The molecule has 0 N–H and O–H groups in total. The number of benzene rings is 3. The van der Waals surface area contributed by atoms with Gasteiger partial charge >= 0.3 is 11.9 Å². The Morgan fingerprint density at radius 1 is 0.742 bits per heavy atom. The van der Waals surface area contributed by atoms with Crippen LogP contribution in [0.3, 0.4) is 0 Å². The van der Waals surface area contributed by atoms with E-state index < -0.39 is 23.8 Å². The fraction of sp³-hybridized carbons (Fsp3) is 0.269. The van der Waals surface area contributed by atoms with Crippen LogP contribution < -0.4 is 0 Å². The summed E-state index contributed by atoms with van der Waals surface area (Å²) in [6, 6.07) is 22.4. The molecular weight excluding hydrogens is 392 g/mol. The van der Waals surface area contributed by atoms with E-state index in [4.69, 9.17) is 9.47 Å². The Balaban J connectivity index is 2.06. The third-order valence-corrected chi connectivity index (χ3v) is 5.19. The van der Waals surface area contributed by atoms with E-state index in [-0.39, 0.29) is 25.4 Å². The first-order chi connectivity index (χ1) is 15.0. The summed E-state index contributed by atoms with van der Waals surface area (Å²) in [6.45, 7) is 3.62. The fourth-order valence-corrected chi connectivity index (χ4v) is 3.70. The number of Topliss-reactive ketones (excluding diaryl/α,β-unsaturated/α-hetero) is 1. The number of carbonyl (C=O) groups excluding carboxylic acids is 3. The van der Waals surface area contributed by atoms with Gasteiger partial charge in [0.1, 0.15) is 0 Å². The van der Waals surface area contributed by atoms with Crippen molar-refractivity contribution in [2.24, 2.45) is 5.92 Å². The highest BCUT2D eigenvalue weighted by Crippen LogP contribution is 2.34. The number of fused-ring (bicyclic) bond motifs is 1. The summed E-state index contributed by atoms with van der Waals surface area (Å²) in [5, 5.41) is 1.99. The second-order valence-corrected chi connectivity index (χ2v) is 7.19. The lowest BCUT2D eigenvalue weighted by Gasteiger charge is -2.24. The molecule has 0 aromatic heterocycles. The molecule has 3 aromatic carbocycles. The molecule has 0 aliphatic carbocycles. The maximum Gasteiger partial charge on any atom is 0.320 e. The van der Waals surface area contributed by atoms with Crippen molar-refractivity contribution < 1.29 is 23.9 Å². The molecule has 5 nitrogen and oxygen atoms in total. The van der Waals surface area contributed by atoms with Crippen LogP contribution in [0.1, 0.15) is 42.1 Å². The molecule has 0 fully saturated rings. The molecule has 3 rings (SSSR count). The maximum atomic E-state index is 13.1. The predicted octanol–water partition coefficient (Wildman–Crippen LogP) is 4.94. The van der Waals surface area contributed by atoms with Crippen molar-refractivity contribution >= 4 is 28.5 Å². The van der Waals surface area contributed by atoms with Crippen molar-refractivity contribution in [3.05, 3.63) is 83.9 Å². The van der Waals surface area contributed by atoms with E-state index in [1.165, 1.54) is 0 Å². The summed E-state index contributed by atoms with van der Waals surface area (Å²) in [6.07, 6.45) is -0.0232. The van der Waals surface area contributed by atoms with Crippen molar-refractivity contribution in [2.45, 2.75) is 26.2 Å². The molecule has 0 saturated heterocycles. The molecule has 0 saturated carbocycles.